The van der Waals surface area contributed by atoms with Gasteiger partial charge in [0.15, 0.2) is 0 Å². The third-order valence-corrected chi connectivity index (χ3v) is 4.39. The van der Waals surface area contributed by atoms with Gasteiger partial charge >= 0.3 is 0 Å². The number of aliphatic hydroxyl groups excluding tert-OH is 1. The topological polar surface area (TPSA) is 32.3 Å². The molecule has 18 heavy (non-hydrogen) atoms. The maximum Gasteiger partial charge on any atom is 0.123 e. The molecule has 0 spiro atoms. The van der Waals surface area contributed by atoms with E-state index < -0.39 is 6.10 Å². The molecule has 2 rings (SSSR count). The summed E-state index contributed by atoms with van der Waals surface area (Å²) in [5.74, 6) is 2.93. The van der Waals surface area contributed by atoms with E-state index in [1.165, 1.54) is 36.5 Å². The Morgan fingerprint density at radius 1 is 1.39 bits per heavy atom. The third-order valence-electron chi connectivity index (χ3n) is 3.35. The van der Waals surface area contributed by atoms with Crippen LogP contribution in [-0.4, -0.2) is 29.7 Å². The van der Waals surface area contributed by atoms with Gasteiger partial charge in [0.2, 0.25) is 0 Å². The molecule has 1 aromatic rings. The summed E-state index contributed by atoms with van der Waals surface area (Å²) >= 11 is 2.02. The predicted molar refractivity (Wildman–Crippen MR) is 74.3 cm³/mol. The van der Waals surface area contributed by atoms with Crippen molar-refractivity contribution in [2.45, 2.75) is 18.9 Å². The molecule has 0 radical (unpaired) electrons. The summed E-state index contributed by atoms with van der Waals surface area (Å²) in [4.78, 5) is 0. The highest BCUT2D eigenvalue weighted by molar-refractivity contribution is 7.99. The second-order valence-corrected chi connectivity index (χ2v) is 6.01. The SMILES string of the molecule is OC(CNCC1CCSCC1)c1cccc(F)c1. The summed E-state index contributed by atoms with van der Waals surface area (Å²) in [6.45, 7) is 1.44. The van der Waals surface area contributed by atoms with E-state index in [1.807, 2.05) is 11.8 Å². The number of hydrogen-bond acceptors (Lipinski definition) is 3. The van der Waals surface area contributed by atoms with E-state index in [4.69, 9.17) is 0 Å². The molecular formula is C14H20FNOS. The number of aliphatic hydroxyl groups is 1. The van der Waals surface area contributed by atoms with Crippen LogP contribution in [0.25, 0.3) is 0 Å². The minimum absolute atomic E-state index is 0.296. The van der Waals surface area contributed by atoms with Crippen LogP contribution < -0.4 is 5.32 Å². The fraction of sp³-hybridized carbons (Fsp3) is 0.571. The molecule has 4 heteroatoms. The molecule has 0 amide bonds. The Balaban J connectivity index is 1.72. The summed E-state index contributed by atoms with van der Waals surface area (Å²) in [5.41, 5.74) is 0.640. The smallest absolute Gasteiger partial charge is 0.123 e. The first kappa shape index (κ1) is 13.8. The largest absolute Gasteiger partial charge is 0.387 e. The second-order valence-electron chi connectivity index (χ2n) is 4.78. The number of hydrogen-bond donors (Lipinski definition) is 2. The monoisotopic (exact) mass is 269 g/mol. The van der Waals surface area contributed by atoms with E-state index in [0.717, 1.165) is 12.5 Å². The Hall–Kier alpha value is -0.580. The van der Waals surface area contributed by atoms with Gasteiger partial charge in [-0.3, -0.25) is 0 Å². The maximum atomic E-state index is 13.0. The number of nitrogens with one attached hydrogen (secondary N) is 1. The third kappa shape index (κ3) is 4.26. The van der Waals surface area contributed by atoms with Gasteiger partial charge in [-0.15, -0.1) is 0 Å². The Kier molecular flexibility index (Phi) is 5.47. The van der Waals surface area contributed by atoms with E-state index in [-0.39, 0.29) is 5.82 Å². The van der Waals surface area contributed by atoms with Gasteiger partial charge in [0.25, 0.3) is 0 Å². The highest BCUT2D eigenvalue weighted by Crippen LogP contribution is 2.22. The van der Waals surface area contributed by atoms with E-state index in [9.17, 15) is 9.50 Å². The van der Waals surface area contributed by atoms with Crippen molar-refractivity contribution in [3.05, 3.63) is 35.6 Å². The molecule has 1 fully saturated rings. The average Bonchev–Trinajstić information content (AvgIpc) is 2.40. The quantitative estimate of drug-likeness (QED) is 0.862. The molecule has 0 bridgehead atoms. The van der Waals surface area contributed by atoms with Crippen molar-refractivity contribution < 1.29 is 9.50 Å². The van der Waals surface area contributed by atoms with Gasteiger partial charge in [0.05, 0.1) is 6.10 Å². The molecule has 1 aromatic carbocycles. The molecule has 0 saturated carbocycles. The van der Waals surface area contributed by atoms with E-state index in [1.54, 1.807) is 12.1 Å². The lowest BCUT2D eigenvalue weighted by molar-refractivity contribution is 0.172. The standard InChI is InChI=1S/C14H20FNOS/c15-13-3-1-2-12(8-13)14(17)10-16-9-11-4-6-18-7-5-11/h1-3,8,11,14,16-17H,4-7,9-10H2. The molecule has 1 atom stereocenters. The lowest BCUT2D eigenvalue weighted by atomic mass is 10.0. The van der Waals surface area contributed by atoms with Gasteiger partial charge in [0, 0.05) is 6.54 Å². The zero-order valence-electron chi connectivity index (χ0n) is 10.4. The van der Waals surface area contributed by atoms with E-state index >= 15 is 0 Å². The van der Waals surface area contributed by atoms with Crippen molar-refractivity contribution >= 4 is 11.8 Å². The first-order chi connectivity index (χ1) is 8.75. The lowest BCUT2D eigenvalue weighted by Crippen LogP contribution is -2.29. The number of halogens is 1. The minimum Gasteiger partial charge on any atom is -0.387 e. The number of thioether (sulfide) groups is 1. The van der Waals surface area contributed by atoms with Gasteiger partial charge in [-0.2, -0.15) is 11.8 Å². The Morgan fingerprint density at radius 3 is 2.89 bits per heavy atom. The number of rotatable bonds is 5. The summed E-state index contributed by atoms with van der Waals surface area (Å²) in [6.07, 6.45) is 1.89. The van der Waals surface area contributed by atoms with Crippen molar-refractivity contribution in [1.82, 2.24) is 5.32 Å². The second kappa shape index (κ2) is 7.12. The molecule has 2 N–H and O–H groups in total. The van der Waals surface area contributed by atoms with Crippen molar-refractivity contribution in [3.8, 4) is 0 Å². The number of benzene rings is 1. The molecule has 1 aliphatic heterocycles. The molecule has 0 aromatic heterocycles. The van der Waals surface area contributed by atoms with Crippen LogP contribution in [0.3, 0.4) is 0 Å². The van der Waals surface area contributed by atoms with Gasteiger partial charge < -0.3 is 10.4 Å². The molecule has 1 unspecified atom stereocenters. The Morgan fingerprint density at radius 2 is 2.17 bits per heavy atom. The van der Waals surface area contributed by atoms with Gasteiger partial charge in [0.1, 0.15) is 5.82 Å². The predicted octanol–water partition coefficient (Wildman–Crippen LogP) is 2.59. The molecule has 1 saturated heterocycles. The van der Waals surface area contributed by atoms with E-state index in [0.29, 0.717) is 12.1 Å². The van der Waals surface area contributed by atoms with Crippen LogP contribution in [-0.2, 0) is 0 Å². The highest BCUT2D eigenvalue weighted by atomic mass is 32.2. The Bertz CT molecular complexity index is 369. The lowest BCUT2D eigenvalue weighted by Gasteiger charge is -2.22. The van der Waals surface area contributed by atoms with Gasteiger partial charge in [-0.1, -0.05) is 12.1 Å². The zero-order chi connectivity index (χ0) is 12.8. The fourth-order valence-electron chi connectivity index (χ4n) is 2.21. The molecular weight excluding hydrogens is 249 g/mol. The van der Waals surface area contributed by atoms with Crippen molar-refractivity contribution in [1.29, 1.82) is 0 Å². The summed E-state index contributed by atoms with van der Waals surface area (Å²) in [5, 5.41) is 13.2. The fourth-order valence-corrected chi connectivity index (χ4v) is 3.41. The Labute approximate surface area is 112 Å². The van der Waals surface area contributed by atoms with Crippen molar-refractivity contribution in [3.63, 3.8) is 0 Å². The molecule has 1 aliphatic rings. The van der Waals surface area contributed by atoms with Crippen LogP contribution in [0.15, 0.2) is 24.3 Å². The molecule has 0 aliphatic carbocycles. The van der Waals surface area contributed by atoms with Crippen LogP contribution in [0.5, 0.6) is 0 Å². The van der Waals surface area contributed by atoms with E-state index in [2.05, 4.69) is 5.32 Å². The van der Waals surface area contributed by atoms with Gasteiger partial charge in [-0.05, 0) is 54.5 Å². The first-order valence-corrected chi connectivity index (χ1v) is 7.63. The first-order valence-electron chi connectivity index (χ1n) is 6.47. The van der Waals surface area contributed by atoms with Gasteiger partial charge in [-0.25, -0.2) is 4.39 Å². The van der Waals surface area contributed by atoms with Crippen LogP contribution in [0.1, 0.15) is 24.5 Å². The van der Waals surface area contributed by atoms with Crippen LogP contribution in [0, 0.1) is 11.7 Å². The summed E-state index contributed by atoms with van der Waals surface area (Å²) < 4.78 is 13.0. The van der Waals surface area contributed by atoms with Crippen molar-refractivity contribution in [2.24, 2.45) is 5.92 Å². The summed E-state index contributed by atoms with van der Waals surface area (Å²) in [6, 6.07) is 6.17. The van der Waals surface area contributed by atoms with Crippen molar-refractivity contribution in [2.75, 3.05) is 24.6 Å². The van der Waals surface area contributed by atoms with Crippen LogP contribution in [0.4, 0.5) is 4.39 Å². The van der Waals surface area contributed by atoms with Crippen LogP contribution >= 0.6 is 11.8 Å². The highest BCUT2D eigenvalue weighted by Gasteiger charge is 2.14. The average molecular weight is 269 g/mol. The zero-order valence-corrected chi connectivity index (χ0v) is 11.3. The maximum absolute atomic E-state index is 13.0. The van der Waals surface area contributed by atoms with Crippen LogP contribution in [0.2, 0.25) is 0 Å². The summed E-state index contributed by atoms with van der Waals surface area (Å²) in [7, 11) is 0. The molecule has 2 nitrogen and oxygen atoms in total. The molecule has 100 valence electrons. The normalized spacial score (nSPS) is 18.8. The minimum atomic E-state index is -0.626. The molecule has 1 heterocycles.